The second-order valence-corrected chi connectivity index (χ2v) is 6.95. The normalized spacial score (nSPS) is 11.4. The number of nitrogens with zero attached hydrogens (tertiary/aromatic N) is 1. The van der Waals surface area contributed by atoms with Crippen LogP contribution in [0.15, 0.2) is 29.2 Å². The molecule has 1 aromatic rings. The molecule has 0 unspecified atom stereocenters. The van der Waals surface area contributed by atoms with Gasteiger partial charge in [-0.3, -0.25) is 14.4 Å². The van der Waals surface area contributed by atoms with Gasteiger partial charge in [0.25, 0.3) is 15.9 Å². The zero-order chi connectivity index (χ0) is 18.3. The Morgan fingerprint density at radius 2 is 1.83 bits per heavy atom. The number of nitrogens with one attached hydrogen (secondary N) is 2. The maximum atomic E-state index is 12.8. The maximum absolute atomic E-state index is 12.8. The lowest BCUT2D eigenvalue weighted by Crippen LogP contribution is -2.42. The van der Waals surface area contributed by atoms with E-state index in [1.54, 1.807) is 18.7 Å². The minimum absolute atomic E-state index is 0.0558. The lowest BCUT2D eigenvalue weighted by atomic mass is 10.4. The Kier molecular flexibility index (Phi) is 7.26. The standard InChI is InChI=1S/C14H20FN3O5S/c1-10(2)16-13(19)8-18(3)14(20)9-23-17-24(21,22)12-6-4-11(15)5-7-12/h4-7,10,17H,8-9H2,1-3H3,(H,16,19). The summed E-state index contributed by atoms with van der Waals surface area (Å²) in [5.74, 6) is -1.50. The molecule has 1 aromatic carbocycles. The van der Waals surface area contributed by atoms with Crippen LogP contribution < -0.4 is 10.2 Å². The average Bonchev–Trinajstić information content (AvgIpc) is 2.46. The monoisotopic (exact) mass is 361 g/mol. The molecule has 10 heteroatoms. The van der Waals surface area contributed by atoms with Crippen LogP contribution in [0, 0.1) is 5.82 Å². The molecule has 0 saturated heterocycles. The smallest absolute Gasteiger partial charge is 0.262 e. The van der Waals surface area contributed by atoms with Gasteiger partial charge < -0.3 is 10.2 Å². The van der Waals surface area contributed by atoms with E-state index in [0.717, 1.165) is 29.2 Å². The van der Waals surface area contributed by atoms with Crippen molar-refractivity contribution in [3.63, 3.8) is 0 Å². The van der Waals surface area contributed by atoms with Crippen LogP contribution in [-0.2, 0) is 24.4 Å². The number of carbonyl (C=O) groups is 2. The van der Waals surface area contributed by atoms with Crippen molar-refractivity contribution in [2.45, 2.75) is 24.8 Å². The van der Waals surface area contributed by atoms with Gasteiger partial charge in [-0.2, -0.15) is 0 Å². The van der Waals surface area contributed by atoms with Crippen molar-refractivity contribution < 1.29 is 27.2 Å². The summed E-state index contributed by atoms with van der Waals surface area (Å²) < 4.78 is 36.5. The van der Waals surface area contributed by atoms with Crippen LogP contribution in [0.2, 0.25) is 0 Å². The second kappa shape index (κ2) is 8.71. The third-order valence-corrected chi connectivity index (χ3v) is 3.97. The van der Waals surface area contributed by atoms with Crippen LogP contribution in [0.1, 0.15) is 13.8 Å². The number of amides is 2. The van der Waals surface area contributed by atoms with E-state index in [1.165, 1.54) is 7.05 Å². The highest BCUT2D eigenvalue weighted by atomic mass is 32.2. The molecule has 8 nitrogen and oxygen atoms in total. The van der Waals surface area contributed by atoms with Gasteiger partial charge in [0.2, 0.25) is 5.91 Å². The molecule has 0 aliphatic heterocycles. The number of rotatable bonds is 8. The van der Waals surface area contributed by atoms with Crippen LogP contribution in [0.3, 0.4) is 0 Å². The lowest BCUT2D eigenvalue weighted by Gasteiger charge is -2.17. The number of carbonyl (C=O) groups excluding carboxylic acids is 2. The Hall–Kier alpha value is -2.04. The number of sulfonamides is 1. The molecule has 1 rings (SSSR count). The van der Waals surface area contributed by atoms with Crippen LogP contribution >= 0.6 is 0 Å². The summed E-state index contributed by atoms with van der Waals surface area (Å²) in [5, 5.41) is 2.62. The number of hydrogen-bond donors (Lipinski definition) is 2. The largest absolute Gasteiger partial charge is 0.352 e. The molecule has 0 aliphatic rings. The van der Waals surface area contributed by atoms with Gasteiger partial charge in [0.05, 0.1) is 11.4 Å². The molecule has 0 aromatic heterocycles. The number of halogens is 1. The fourth-order valence-corrected chi connectivity index (χ4v) is 2.42. The Morgan fingerprint density at radius 1 is 1.25 bits per heavy atom. The zero-order valence-corrected chi connectivity index (χ0v) is 14.4. The summed E-state index contributed by atoms with van der Waals surface area (Å²) in [7, 11) is -2.64. The minimum atomic E-state index is -4.03. The van der Waals surface area contributed by atoms with E-state index in [9.17, 15) is 22.4 Å². The summed E-state index contributed by atoms with van der Waals surface area (Å²) in [6, 6.07) is 4.04. The van der Waals surface area contributed by atoms with Crippen molar-refractivity contribution in [2.75, 3.05) is 20.2 Å². The first-order chi connectivity index (χ1) is 11.1. The van der Waals surface area contributed by atoms with Gasteiger partial charge in [0, 0.05) is 13.1 Å². The van der Waals surface area contributed by atoms with Gasteiger partial charge in [0.15, 0.2) is 0 Å². The first kappa shape index (κ1) is 20.0. The predicted octanol–water partition coefficient (Wildman–Crippen LogP) is 0.0186. The van der Waals surface area contributed by atoms with E-state index >= 15 is 0 Å². The predicted molar refractivity (Wildman–Crippen MR) is 83.6 cm³/mol. The molecule has 0 aliphatic carbocycles. The van der Waals surface area contributed by atoms with Crippen molar-refractivity contribution in [3.8, 4) is 0 Å². The van der Waals surface area contributed by atoms with Crippen LogP contribution in [0.25, 0.3) is 0 Å². The highest BCUT2D eigenvalue weighted by Gasteiger charge is 2.17. The van der Waals surface area contributed by atoms with Gasteiger partial charge in [-0.25, -0.2) is 12.8 Å². The molecule has 2 amide bonds. The molecule has 0 atom stereocenters. The van der Waals surface area contributed by atoms with Gasteiger partial charge in [-0.05, 0) is 38.1 Å². The SMILES string of the molecule is CC(C)NC(=O)CN(C)C(=O)CONS(=O)(=O)c1ccc(F)cc1. The van der Waals surface area contributed by atoms with E-state index in [4.69, 9.17) is 0 Å². The maximum Gasteiger partial charge on any atom is 0.262 e. The topological polar surface area (TPSA) is 105 Å². The van der Waals surface area contributed by atoms with Crippen molar-refractivity contribution in [3.05, 3.63) is 30.1 Å². The Labute approximate surface area is 140 Å². The number of hydrogen-bond acceptors (Lipinski definition) is 5. The van der Waals surface area contributed by atoms with Crippen molar-refractivity contribution >= 4 is 21.8 Å². The zero-order valence-electron chi connectivity index (χ0n) is 13.6. The third-order valence-electron chi connectivity index (χ3n) is 2.74. The number of benzene rings is 1. The summed E-state index contributed by atoms with van der Waals surface area (Å²) in [4.78, 5) is 30.6. The summed E-state index contributed by atoms with van der Waals surface area (Å²) >= 11 is 0. The molecule has 134 valence electrons. The molecule has 0 heterocycles. The van der Waals surface area contributed by atoms with Crippen LogP contribution in [-0.4, -0.2) is 51.4 Å². The molecule has 0 bridgehead atoms. The molecule has 0 spiro atoms. The molecule has 2 N–H and O–H groups in total. The summed E-state index contributed by atoms with van der Waals surface area (Å²) in [6.45, 7) is 2.80. The molecule has 0 fully saturated rings. The van der Waals surface area contributed by atoms with Gasteiger partial charge in [0.1, 0.15) is 12.4 Å². The summed E-state index contributed by atoms with van der Waals surface area (Å²) in [6.07, 6.45) is 0. The van der Waals surface area contributed by atoms with Crippen molar-refractivity contribution in [2.24, 2.45) is 0 Å². The van der Waals surface area contributed by atoms with Crippen molar-refractivity contribution in [1.82, 2.24) is 15.1 Å². The highest BCUT2D eigenvalue weighted by molar-refractivity contribution is 7.89. The molecule has 0 saturated carbocycles. The van der Waals surface area contributed by atoms with Crippen molar-refractivity contribution in [1.29, 1.82) is 0 Å². The van der Waals surface area contributed by atoms with E-state index in [2.05, 4.69) is 10.2 Å². The summed E-state index contributed by atoms with van der Waals surface area (Å²) in [5.41, 5.74) is 0. The van der Waals surface area contributed by atoms with E-state index < -0.39 is 28.4 Å². The molecule has 24 heavy (non-hydrogen) atoms. The molecular formula is C14H20FN3O5S. The Balaban J connectivity index is 2.47. The quantitative estimate of drug-likeness (QED) is 0.635. The van der Waals surface area contributed by atoms with E-state index in [1.807, 2.05) is 0 Å². The van der Waals surface area contributed by atoms with Crippen LogP contribution in [0.4, 0.5) is 4.39 Å². The first-order valence-electron chi connectivity index (χ1n) is 7.04. The van der Waals surface area contributed by atoms with E-state index in [0.29, 0.717) is 0 Å². The van der Waals surface area contributed by atoms with Gasteiger partial charge in [-0.1, -0.05) is 4.89 Å². The minimum Gasteiger partial charge on any atom is -0.352 e. The first-order valence-corrected chi connectivity index (χ1v) is 8.52. The molecular weight excluding hydrogens is 341 g/mol. The number of likely N-dealkylation sites (N-methyl/N-ethyl adjacent to an activating group) is 1. The van der Waals surface area contributed by atoms with Crippen LogP contribution in [0.5, 0.6) is 0 Å². The van der Waals surface area contributed by atoms with E-state index in [-0.39, 0.29) is 23.4 Å². The van der Waals surface area contributed by atoms with Gasteiger partial charge in [-0.15, -0.1) is 0 Å². The lowest BCUT2D eigenvalue weighted by molar-refractivity contribution is -0.139. The second-order valence-electron chi connectivity index (χ2n) is 5.30. The Morgan fingerprint density at radius 3 is 2.38 bits per heavy atom. The fraction of sp³-hybridized carbons (Fsp3) is 0.429. The molecule has 0 radical (unpaired) electrons. The average molecular weight is 361 g/mol. The third kappa shape index (κ3) is 6.60. The Bertz CT molecular complexity index is 676. The van der Waals surface area contributed by atoms with Gasteiger partial charge >= 0.3 is 0 Å². The highest BCUT2D eigenvalue weighted by Crippen LogP contribution is 2.09. The fourth-order valence-electron chi connectivity index (χ4n) is 1.61.